The molecule has 0 bridgehead atoms. The van der Waals surface area contributed by atoms with Gasteiger partial charge in [-0.1, -0.05) is 0 Å². The van der Waals surface area contributed by atoms with E-state index in [1.807, 2.05) is 0 Å². The number of ether oxygens (including phenoxy) is 1. The maximum Gasteiger partial charge on any atom is 2.00 e. The molecule has 12 heteroatoms. The van der Waals surface area contributed by atoms with Crippen LogP contribution in [0.25, 0.3) is 0 Å². The van der Waals surface area contributed by atoms with Crippen molar-refractivity contribution in [1.29, 1.82) is 0 Å². The molecule has 92 valence electrons. The van der Waals surface area contributed by atoms with E-state index in [1.165, 1.54) is 0 Å². The minimum absolute atomic E-state index is 0. The average Bonchev–Trinajstić information content (AvgIpc) is 2.42. The number of aliphatic hydroxyl groups excluding tert-OH is 2. The van der Waals surface area contributed by atoms with Gasteiger partial charge in [0.15, 0.2) is 0 Å². The number of hydrogen-bond donors (Lipinski definition) is 2. The van der Waals surface area contributed by atoms with Gasteiger partial charge in [0, 0.05) is 0 Å². The number of phosphoric ester groups is 1. The molecular formula is C6H6MgNaO9P. The summed E-state index contributed by atoms with van der Waals surface area (Å²) in [5.41, 5.74) is 0. The quantitative estimate of drug-likeness (QED) is 0.291. The maximum atomic E-state index is 11.2. The maximum absolute atomic E-state index is 11.2. The molecule has 9 nitrogen and oxygen atoms in total. The summed E-state index contributed by atoms with van der Waals surface area (Å²) in [7, 11) is -5.56. The Morgan fingerprint density at radius 3 is 2.39 bits per heavy atom. The SMILES string of the molecule is O=C1O[C@H]([C@@H](O)CO)C([O-])=C1OP(=O)([O-])[O-].[Mg+2].[Na+]. The van der Waals surface area contributed by atoms with Gasteiger partial charge in [-0.2, -0.15) is 0 Å². The Kier molecular flexibility index (Phi) is 9.37. The van der Waals surface area contributed by atoms with Crippen molar-refractivity contribution in [3.05, 3.63) is 11.5 Å². The van der Waals surface area contributed by atoms with Crippen molar-refractivity contribution in [2.24, 2.45) is 0 Å². The van der Waals surface area contributed by atoms with Crippen molar-refractivity contribution in [2.75, 3.05) is 6.61 Å². The fraction of sp³-hybridized carbons (Fsp3) is 0.500. The molecule has 2 atom stereocenters. The third-order valence-electron chi connectivity index (χ3n) is 1.64. The van der Waals surface area contributed by atoms with Gasteiger partial charge in [0.05, 0.1) is 6.61 Å². The third-order valence-corrected chi connectivity index (χ3v) is 2.05. The van der Waals surface area contributed by atoms with Crippen molar-refractivity contribution in [3.8, 4) is 0 Å². The number of cyclic esters (lactones) is 1. The molecule has 0 spiro atoms. The predicted molar refractivity (Wildman–Crippen MR) is 44.4 cm³/mol. The van der Waals surface area contributed by atoms with Gasteiger partial charge < -0.3 is 38.9 Å². The van der Waals surface area contributed by atoms with Crippen molar-refractivity contribution in [1.82, 2.24) is 0 Å². The number of phosphoric acid groups is 1. The second-order valence-corrected chi connectivity index (χ2v) is 3.88. The van der Waals surface area contributed by atoms with E-state index in [0.29, 0.717) is 0 Å². The van der Waals surface area contributed by atoms with E-state index in [2.05, 4.69) is 9.26 Å². The summed E-state index contributed by atoms with van der Waals surface area (Å²) in [4.78, 5) is 31.3. The number of carbonyl (C=O) groups excluding carboxylic acids is 1. The summed E-state index contributed by atoms with van der Waals surface area (Å²) >= 11 is 0. The first kappa shape index (κ1) is 21.0. The molecule has 2 N–H and O–H groups in total. The van der Waals surface area contributed by atoms with E-state index < -0.39 is 44.1 Å². The smallest absolute Gasteiger partial charge is 0.870 e. The zero-order chi connectivity index (χ0) is 12.5. The van der Waals surface area contributed by atoms with Crippen molar-refractivity contribution < 1.29 is 73.3 Å². The summed E-state index contributed by atoms with van der Waals surface area (Å²) in [6.45, 7) is -0.886. The van der Waals surface area contributed by atoms with Gasteiger partial charge in [-0.05, 0) is 5.76 Å². The summed E-state index contributed by atoms with van der Waals surface area (Å²) in [5, 5.41) is 28.7. The molecule has 18 heavy (non-hydrogen) atoms. The number of aliphatic hydroxyl groups is 2. The second kappa shape index (κ2) is 8.05. The second-order valence-electron chi connectivity index (χ2n) is 2.81. The van der Waals surface area contributed by atoms with Crippen LogP contribution < -0.4 is 44.5 Å². The van der Waals surface area contributed by atoms with Crippen LogP contribution in [0.15, 0.2) is 11.5 Å². The molecule has 1 heterocycles. The standard InChI is InChI=1S/C6H9O9P.Mg.Na/c7-1-2(8)4-3(9)5(6(10)14-4)15-16(11,12)13;;/h2,4,7-9H,1H2,(H2,11,12,13);;/q;+2;+1/p-3/t2-,4+;;/m0../s1. The van der Waals surface area contributed by atoms with Crippen LogP contribution in [0.1, 0.15) is 0 Å². The molecule has 1 aliphatic rings. The van der Waals surface area contributed by atoms with Crippen LogP contribution in [0.3, 0.4) is 0 Å². The molecule has 1 rings (SSSR count). The van der Waals surface area contributed by atoms with E-state index in [4.69, 9.17) is 10.2 Å². The molecule has 0 aliphatic carbocycles. The number of esters is 1. The molecule has 0 amide bonds. The van der Waals surface area contributed by atoms with E-state index >= 15 is 0 Å². The average molecular weight is 300 g/mol. The van der Waals surface area contributed by atoms with Gasteiger partial charge >= 0.3 is 58.6 Å². The van der Waals surface area contributed by atoms with Crippen molar-refractivity contribution >= 4 is 36.8 Å². The molecule has 1 aliphatic heterocycles. The predicted octanol–water partition coefficient (Wildman–Crippen LogP) is -7.69. The van der Waals surface area contributed by atoms with E-state index in [1.54, 1.807) is 0 Å². The van der Waals surface area contributed by atoms with Gasteiger partial charge in [0.25, 0.3) is 0 Å². The van der Waals surface area contributed by atoms with E-state index in [9.17, 15) is 24.3 Å². The molecule has 0 unspecified atom stereocenters. The van der Waals surface area contributed by atoms with Crippen LogP contribution >= 0.6 is 7.82 Å². The summed E-state index contributed by atoms with van der Waals surface area (Å²) in [6.07, 6.45) is -3.48. The van der Waals surface area contributed by atoms with Gasteiger partial charge in [0.2, 0.25) is 5.76 Å². The molecule has 0 aromatic heterocycles. The molecule has 0 radical (unpaired) electrons. The van der Waals surface area contributed by atoms with Crippen LogP contribution in [0.4, 0.5) is 0 Å². The van der Waals surface area contributed by atoms with Crippen LogP contribution in [-0.4, -0.2) is 58.0 Å². The molecule has 0 saturated carbocycles. The summed E-state index contributed by atoms with van der Waals surface area (Å²) in [5.74, 6) is -4.10. The fourth-order valence-electron chi connectivity index (χ4n) is 0.995. The fourth-order valence-corrected chi connectivity index (χ4v) is 1.38. The Morgan fingerprint density at radius 2 is 2.00 bits per heavy atom. The normalized spacial score (nSPS) is 20.7. The van der Waals surface area contributed by atoms with Crippen LogP contribution in [0.5, 0.6) is 0 Å². The topological polar surface area (TPSA) is 162 Å². The molecule has 0 fully saturated rings. The van der Waals surface area contributed by atoms with Crippen LogP contribution in [0.2, 0.25) is 0 Å². The number of rotatable bonds is 4. The third kappa shape index (κ3) is 5.33. The molecule has 0 saturated heterocycles. The number of hydrogen-bond acceptors (Lipinski definition) is 9. The molecule has 0 aromatic carbocycles. The van der Waals surface area contributed by atoms with Crippen molar-refractivity contribution in [2.45, 2.75) is 12.2 Å². The summed E-state index contributed by atoms with van der Waals surface area (Å²) in [6, 6.07) is 0. The Balaban J connectivity index is 0. The minimum atomic E-state index is -5.56. The Morgan fingerprint density at radius 1 is 1.50 bits per heavy atom. The largest absolute Gasteiger partial charge is 2.00 e. The van der Waals surface area contributed by atoms with E-state index in [-0.39, 0.29) is 52.6 Å². The monoisotopic (exact) mass is 300 g/mol. The minimum Gasteiger partial charge on any atom is -0.870 e. The van der Waals surface area contributed by atoms with Crippen LogP contribution in [-0.2, 0) is 18.6 Å². The zero-order valence-electron chi connectivity index (χ0n) is 9.27. The van der Waals surface area contributed by atoms with Gasteiger partial charge in [-0.15, -0.1) is 0 Å². The van der Waals surface area contributed by atoms with Gasteiger partial charge in [-0.3, -0.25) is 0 Å². The van der Waals surface area contributed by atoms with E-state index in [0.717, 1.165) is 0 Å². The first-order valence-electron chi connectivity index (χ1n) is 3.89. The first-order chi connectivity index (χ1) is 7.26. The van der Waals surface area contributed by atoms with Crippen LogP contribution in [0, 0.1) is 0 Å². The zero-order valence-corrected chi connectivity index (χ0v) is 13.6. The van der Waals surface area contributed by atoms with Gasteiger partial charge in [0.1, 0.15) is 20.0 Å². The summed E-state index contributed by atoms with van der Waals surface area (Å²) < 4.78 is 18.0. The Bertz CT molecular complexity index is 379. The molecule has 0 aromatic rings. The molecular weight excluding hydrogens is 294 g/mol. The first-order valence-corrected chi connectivity index (χ1v) is 5.35. The number of carbonyl (C=O) groups is 1. The van der Waals surface area contributed by atoms with Gasteiger partial charge in [-0.25, -0.2) is 4.79 Å². The Labute approximate surface area is 139 Å². The Hall–Kier alpha value is 0.646. The van der Waals surface area contributed by atoms with Crippen molar-refractivity contribution in [3.63, 3.8) is 0 Å².